The molecule has 0 aliphatic rings. The van der Waals surface area contributed by atoms with Gasteiger partial charge in [0.2, 0.25) is 17.8 Å². The molecule has 1 aromatic rings. The van der Waals surface area contributed by atoms with E-state index in [1.807, 2.05) is 44.9 Å². The Balaban J connectivity index is 3.06. The molecule has 0 aliphatic carbocycles. The summed E-state index contributed by atoms with van der Waals surface area (Å²) in [4.78, 5) is 17.3. The Morgan fingerprint density at radius 1 is 1.16 bits per heavy atom. The topological polar surface area (TPSA) is 57.2 Å². The smallest absolute Gasteiger partial charge is 0.231 e. The molecule has 0 aliphatic heterocycles. The van der Waals surface area contributed by atoms with Crippen LogP contribution < -0.4 is 15.1 Å². The maximum Gasteiger partial charge on any atom is 0.231 e. The van der Waals surface area contributed by atoms with Gasteiger partial charge in [-0.1, -0.05) is 6.92 Å². The highest BCUT2D eigenvalue weighted by molar-refractivity contribution is 7.98. The first kappa shape index (κ1) is 15.8. The van der Waals surface area contributed by atoms with Gasteiger partial charge < -0.3 is 15.1 Å². The molecule has 1 heterocycles. The van der Waals surface area contributed by atoms with Crippen molar-refractivity contribution in [1.82, 2.24) is 15.0 Å². The molecule has 0 saturated heterocycles. The Morgan fingerprint density at radius 3 is 2.26 bits per heavy atom. The van der Waals surface area contributed by atoms with Gasteiger partial charge in [0.25, 0.3) is 0 Å². The maximum absolute atomic E-state index is 4.51. The van der Waals surface area contributed by atoms with E-state index in [0.29, 0.717) is 23.9 Å². The van der Waals surface area contributed by atoms with Gasteiger partial charge in [-0.25, -0.2) is 0 Å². The number of rotatable bonds is 7. The van der Waals surface area contributed by atoms with Crippen LogP contribution in [-0.2, 0) is 0 Å². The van der Waals surface area contributed by atoms with E-state index in [1.165, 1.54) is 0 Å². The Morgan fingerprint density at radius 2 is 1.79 bits per heavy atom. The number of thioether (sulfide) groups is 1. The fraction of sp³-hybridized carbons (Fsp3) is 0.750. The van der Waals surface area contributed by atoms with E-state index in [-0.39, 0.29) is 0 Å². The molecule has 0 spiro atoms. The fourth-order valence-corrected chi connectivity index (χ4v) is 2.53. The third-order valence-electron chi connectivity index (χ3n) is 2.93. The number of nitrogens with one attached hydrogen (secondary N) is 1. The Labute approximate surface area is 120 Å². The van der Waals surface area contributed by atoms with Crippen LogP contribution in [0.25, 0.3) is 0 Å². The summed E-state index contributed by atoms with van der Waals surface area (Å²) in [6.07, 6.45) is 3.18. The molecule has 0 bridgehead atoms. The van der Waals surface area contributed by atoms with Crippen LogP contribution >= 0.6 is 11.8 Å². The van der Waals surface area contributed by atoms with Crippen molar-refractivity contribution in [2.24, 2.45) is 0 Å². The summed E-state index contributed by atoms with van der Waals surface area (Å²) in [5, 5.41) is 2.99. The predicted octanol–water partition coefficient (Wildman–Crippen LogP) is 1.56. The third kappa shape index (κ3) is 4.12. The molecule has 0 saturated carbocycles. The largest absolute Gasteiger partial charge is 0.357 e. The minimum absolute atomic E-state index is 0.428. The second-order valence-electron chi connectivity index (χ2n) is 4.53. The van der Waals surface area contributed by atoms with E-state index in [4.69, 9.17) is 0 Å². The molecule has 0 radical (unpaired) electrons. The van der Waals surface area contributed by atoms with E-state index in [0.717, 1.165) is 12.2 Å². The lowest BCUT2D eigenvalue weighted by atomic mass is 10.2. The Kier molecular flexibility index (Phi) is 6.14. The lowest BCUT2D eigenvalue weighted by Gasteiger charge is -2.27. The molecule has 1 unspecified atom stereocenters. The highest BCUT2D eigenvalue weighted by Gasteiger charge is 2.17. The van der Waals surface area contributed by atoms with Crippen molar-refractivity contribution in [3.63, 3.8) is 0 Å². The molecule has 108 valence electrons. The second kappa shape index (κ2) is 7.37. The summed E-state index contributed by atoms with van der Waals surface area (Å²) in [6.45, 7) is 2.18. The molecular formula is C12H24N6S. The highest BCUT2D eigenvalue weighted by atomic mass is 32.2. The zero-order valence-corrected chi connectivity index (χ0v) is 13.5. The van der Waals surface area contributed by atoms with Crippen LogP contribution in [0.1, 0.15) is 13.3 Å². The van der Waals surface area contributed by atoms with Gasteiger partial charge in [0.05, 0.1) is 0 Å². The summed E-state index contributed by atoms with van der Waals surface area (Å²) >= 11 is 1.84. The Bertz CT molecular complexity index is 398. The number of nitrogens with zero attached hydrogens (tertiary/aromatic N) is 5. The van der Waals surface area contributed by atoms with Crippen LogP contribution in [0.3, 0.4) is 0 Å². The van der Waals surface area contributed by atoms with Crippen LogP contribution in [0.4, 0.5) is 17.8 Å². The van der Waals surface area contributed by atoms with Gasteiger partial charge in [0, 0.05) is 40.0 Å². The first-order chi connectivity index (χ1) is 9.03. The third-order valence-corrected chi connectivity index (χ3v) is 3.65. The van der Waals surface area contributed by atoms with Crippen LogP contribution in [0.5, 0.6) is 0 Å². The van der Waals surface area contributed by atoms with Crippen molar-refractivity contribution < 1.29 is 0 Å². The molecule has 7 heteroatoms. The van der Waals surface area contributed by atoms with Crippen molar-refractivity contribution in [2.75, 3.05) is 55.3 Å². The van der Waals surface area contributed by atoms with Gasteiger partial charge in [-0.15, -0.1) is 0 Å². The Hall–Kier alpha value is -1.24. The van der Waals surface area contributed by atoms with E-state index in [2.05, 4.69) is 38.3 Å². The van der Waals surface area contributed by atoms with E-state index in [9.17, 15) is 0 Å². The number of aromatic nitrogens is 3. The van der Waals surface area contributed by atoms with Crippen LogP contribution in [-0.4, -0.2) is 61.2 Å². The monoisotopic (exact) mass is 284 g/mol. The maximum atomic E-state index is 4.51. The van der Waals surface area contributed by atoms with Gasteiger partial charge in [0.15, 0.2) is 0 Å². The second-order valence-corrected chi connectivity index (χ2v) is 5.44. The standard InChI is InChI=1S/C12H24N6S/c1-7-9(8-19-6)18(5)12-15-10(13-2)14-11(16-12)17(3)4/h9H,7-8H2,1-6H3,(H,13,14,15,16). The molecule has 0 fully saturated rings. The summed E-state index contributed by atoms with van der Waals surface area (Å²) in [6, 6.07) is 0.428. The predicted molar refractivity (Wildman–Crippen MR) is 84.6 cm³/mol. The molecular weight excluding hydrogens is 260 g/mol. The van der Waals surface area contributed by atoms with Crippen molar-refractivity contribution in [3.05, 3.63) is 0 Å². The van der Waals surface area contributed by atoms with Crippen LogP contribution in [0, 0.1) is 0 Å². The molecule has 1 aromatic heterocycles. The van der Waals surface area contributed by atoms with Crippen LogP contribution in [0.2, 0.25) is 0 Å². The zero-order valence-electron chi connectivity index (χ0n) is 12.6. The van der Waals surface area contributed by atoms with E-state index < -0.39 is 0 Å². The van der Waals surface area contributed by atoms with Gasteiger partial charge in [-0.3, -0.25) is 0 Å². The van der Waals surface area contributed by atoms with Crippen LogP contribution in [0.15, 0.2) is 0 Å². The van der Waals surface area contributed by atoms with Crippen molar-refractivity contribution >= 4 is 29.6 Å². The van der Waals surface area contributed by atoms with Crippen molar-refractivity contribution in [2.45, 2.75) is 19.4 Å². The first-order valence-corrected chi connectivity index (χ1v) is 7.75. The fourth-order valence-electron chi connectivity index (χ4n) is 1.68. The number of hydrogen-bond donors (Lipinski definition) is 1. The van der Waals surface area contributed by atoms with Crippen molar-refractivity contribution in [1.29, 1.82) is 0 Å². The lowest BCUT2D eigenvalue weighted by molar-refractivity contribution is 0.655. The minimum Gasteiger partial charge on any atom is -0.357 e. The summed E-state index contributed by atoms with van der Waals surface area (Å²) in [5.74, 6) is 3.04. The quantitative estimate of drug-likeness (QED) is 0.815. The van der Waals surface area contributed by atoms with Gasteiger partial charge in [0.1, 0.15) is 0 Å². The van der Waals surface area contributed by atoms with Gasteiger partial charge in [-0.05, 0) is 12.7 Å². The normalized spacial score (nSPS) is 12.1. The van der Waals surface area contributed by atoms with Gasteiger partial charge >= 0.3 is 0 Å². The highest BCUT2D eigenvalue weighted by Crippen LogP contribution is 2.18. The molecule has 0 amide bonds. The first-order valence-electron chi connectivity index (χ1n) is 6.36. The summed E-state index contributed by atoms with van der Waals surface area (Å²) in [7, 11) is 7.71. The zero-order chi connectivity index (χ0) is 14.4. The van der Waals surface area contributed by atoms with Crippen molar-refractivity contribution in [3.8, 4) is 0 Å². The number of hydrogen-bond acceptors (Lipinski definition) is 7. The van der Waals surface area contributed by atoms with E-state index in [1.54, 1.807) is 0 Å². The summed E-state index contributed by atoms with van der Waals surface area (Å²) < 4.78 is 0. The minimum atomic E-state index is 0.428. The van der Waals surface area contributed by atoms with Gasteiger partial charge in [-0.2, -0.15) is 26.7 Å². The average Bonchev–Trinajstić information content (AvgIpc) is 2.43. The lowest BCUT2D eigenvalue weighted by Crippen LogP contribution is -2.35. The molecule has 19 heavy (non-hydrogen) atoms. The average molecular weight is 284 g/mol. The molecule has 1 atom stereocenters. The van der Waals surface area contributed by atoms with E-state index >= 15 is 0 Å². The molecule has 0 aromatic carbocycles. The number of anilines is 3. The SMILES string of the molecule is CCC(CSC)N(C)c1nc(NC)nc(N(C)C)n1. The summed E-state index contributed by atoms with van der Waals surface area (Å²) in [5.41, 5.74) is 0. The molecule has 1 rings (SSSR count). The molecule has 6 nitrogen and oxygen atoms in total. The molecule has 1 N–H and O–H groups in total.